The SMILES string of the molecule is O=C(CCC1CCOCC1)N1CCNCC1c1ccccc1Cl. The number of hydrogen-bond donors (Lipinski definition) is 1. The summed E-state index contributed by atoms with van der Waals surface area (Å²) in [7, 11) is 0. The predicted molar refractivity (Wildman–Crippen MR) is 91.6 cm³/mol. The zero-order valence-electron chi connectivity index (χ0n) is 13.5. The zero-order valence-corrected chi connectivity index (χ0v) is 14.2. The highest BCUT2D eigenvalue weighted by Gasteiger charge is 2.29. The van der Waals surface area contributed by atoms with Gasteiger partial charge in [-0.25, -0.2) is 0 Å². The summed E-state index contributed by atoms with van der Waals surface area (Å²) in [5, 5.41) is 4.12. The highest BCUT2D eigenvalue weighted by Crippen LogP contribution is 2.29. The third-order valence-corrected chi connectivity index (χ3v) is 5.28. The Kier molecular flexibility index (Phi) is 5.92. The first-order chi connectivity index (χ1) is 11.3. The molecule has 2 aliphatic heterocycles. The van der Waals surface area contributed by atoms with Crippen LogP contribution in [-0.4, -0.2) is 43.7 Å². The fourth-order valence-corrected chi connectivity index (χ4v) is 3.79. The number of piperazine rings is 1. The van der Waals surface area contributed by atoms with Crippen LogP contribution in [-0.2, 0) is 9.53 Å². The Morgan fingerprint density at radius 2 is 2.09 bits per heavy atom. The lowest BCUT2D eigenvalue weighted by molar-refractivity contribution is -0.135. The maximum atomic E-state index is 12.8. The molecule has 0 spiro atoms. The van der Waals surface area contributed by atoms with Crippen molar-refractivity contribution in [2.75, 3.05) is 32.8 Å². The molecule has 2 saturated heterocycles. The quantitative estimate of drug-likeness (QED) is 0.919. The monoisotopic (exact) mass is 336 g/mol. The molecule has 23 heavy (non-hydrogen) atoms. The minimum atomic E-state index is 0.0413. The second-order valence-electron chi connectivity index (χ2n) is 6.42. The number of nitrogens with zero attached hydrogens (tertiary/aromatic N) is 1. The van der Waals surface area contributed by atoms with Crippen molar-refractivity contribution in [1.82, 2.24) is 10.2 Å². The highest BCUT2D eigenvalue weighted by molar-refractivity contribution is 6.31. The van der Waals surface area contributed by atoms with Gasteiger partial charge >= 0.3 is 0 Å². The van der Waals surface area contributed by atoms with Crippen molar-refractivity contribution in [2.24, 2.45) is 5.92 Å². The van der Waals surface area contributed by atoms with Gasteiger partial charge in [-0.3, -0.25) is 4.79 Å². The molecule has 5 heteroatoms. The summed E-state index contributed by atoms with van der Waals surface area (Å²) in [5.74, 6) is 0.886. The maximum absolute atomic E-state index is 12.8. The molecule has 0 aliphatic carbocycles. The van der Waals surface area contributed by atoms with E-state index in [-0.39, 0.29) is 11.9 Å². The molecule has 4 nitrogen and oxygen atoms in total. The Morgan fingerprint density at radius 1 is 1.30 bits per heavy atom. The van der Waals surface area contributed by atoms with Crippen LogP contribution < -0.4 is 5.32 Å². The first-order valence-corrected chi connectivity index (χ1v) is 8.96. The molecule has 1 aromatic rings. The van der Waals surface area contributed by atoms with Crippen LogP contribution >= 0.6 is 11.6 Å². The molecule has 0 bridgehead atoms. The van der Waals surface area contributed by atoms with Gasteiger partial charge < -0.3 is 15.0 Å². The third kappa shape index (κ3) is 4.25. The lowest BCUT2D eigenvalue weighted by Gasteiger charge is -2.37. The molecular formula is C18H25ClN2O2. The molecule has 2 aliphatic rings. The number of halogens is 1. The molecule has 1 amide bonds. The van der Waals surface area contributed by atoms with E-state index >= 15 is 0 Å². The van der Waals surface area contributed by atoms with Gasteiger partial charge in [0.1, 0.15) is 0 Å². The summed E-state index contributed by atoms with van der Waals surface area (Å²) in [4.78, 5) is 14.8. The largest absolute Gasteiger partial charge is 0.381 e. The Bertz CT molecular complexity index is 532. The van der Waals surface area contributed by atoms with E-state index in [1.165, 1.54) is 0 Å². The molecule has 1 atom stereocenters. The lowest BCUT2D eigenvalue weighted by Crippen LogP contribution is -2.48. The standard InChI is InChI=1S/C18H25ClN2O2/c19-16-4-2-1-3-15(16)17-13-20-9-10-21(17)18(22)6-5-14-7-11-23-12-8-14/h1-4,14,17,20H,5-13H2. The summed E-state index contributed by atoms with van der Waals surface area (Å²) in [5.41, 5.74) is 1.04. The number of carbonyl (C=O) groups is 1. The van der Waals surface area contributed by atoms with Crippen LogP contribution in [0.5, 0.6) is 0 Å². The van der Waals surface area contributed by atoms with Crippen LogP contribution in [0.3, 0.4) is 0 Å². The smallest absolute Gasteiger partial charge is 0.223 e. The van der Waals surface area contributed by atoms with Crippen molar-refractivity contribution < 1.29 is 9.53 Å². The highest BCUT2D eigenvalue weighted by atomic mass is 35.5. The first-order valence-electron chi connectivity index (χ1n) is 8.58. The number of benzene rings is 1. The Morgan fingerprint density at radius 3 is 2.87 bits per heavy atom. The predicted octanol–water partition coefficient (Wildman–Crippen LogP) is 3.02. The Hall–Kier alpha value is -1.10. The van der Waals surface area contributed by atoms with E-state index in [9.17, 15) is 4.79 Å². The van der Waals surface area contributed by atoms with Gasteiger partial charge in [-0.1, -0.05) is 29.8 Å². The van der Waals surface area contributed by atoms with E-state index in [2.05, 4.69) is 5.32 Å². The van der Waals surface area contributed by atoms with Crippen molar-refractivity contribution in [1.29, 1.82) is 0 Å². The van der Waals surface area contributed by atoms with Gasteiger partial charge in [0.15, 0.2) is 0 Å². The number of nitrogens with one attached hydrogen (secondary N) is 1. The second-order valence-corrected chi connectivity index (χ2v) is 6.83. The molecule has 1 N–H and O–H groups in total. The van der Waals surface area contributed by atoms with Crippen molar-refractivity contribution in [3.05, 3.63) is 34.9 Å². The number of ether oxygens (including phenoxy) is 1. The fraction of sp³-hybridized carbons (Fsp3) is 0.611. The summed E-state index contributed by atoms with van der Waals surface area (Å²) in [6.07, 6.45) is 3.78. The molecule has 2 heterocycles. The third-order valence-electron chi connectivity index (χ3n) is 4.94. The first kappa shape index (κ1) is 16.7. The average Bonchev–Trinajstić information content (AvgIpc) is 2.61. The van der Waals surface area contributed by atoms with Gasteiger partial charge in [0.25, 0.3) is 0 Å². The summed E-state index contributed by atoms with van der Waals surface area (Å²) >= 11 is 6.35. The zero-order chi connectivity index (χ0) is 16.1. The van der Waals surface area contributed by atoms with Gasteiger partial charge in [-0.2, -0.15) is 0 Å². The lowest BCUT2D eigenvalue weighted by atomic mass is 9.94. The molecule has 0 aromatic heterocycles. The minimum absolute atomic E-state index is 0.0413. The summed E-state index contributed by atoms with van der Waals surface area (Å²) < 4.78 is 5.39. The molecular weight excluding hydrogens is 312 g/mol. The van der Waals surface area contributed by atoms with Crippen LogP contribution in [0, 0.1) is 5.92 Å². The minimum Gasteiger partial charge on any atom is -0.381 e. The van der Waals surface area contributed by atoms with E-state index in [1.54, 1.807) is 0 Å². The van der Waals surface area contributed by atoms with Crippen molar-refractivity contribution >= 4 is 17.5 Å². The Labute approximate surface area is 143 Å². The van der Waals surface area contributed by atoms with Crippen molar-refractivity contribution in [3.63, 3.8) is 0 Å². The molecule has 0 saturated carbocycles. The topological polar surface area (TPSA) is 41.6 Å². The van der Waals surface area contributed by atoms with Crippen LogP contribution in [0.1, 0.15) is 37.3 Å². The fourth-order valence-electron chi connectivity index (χ4n) is 3.53. The van der Waals surface area contributed by atoms with Crippen LogP contribution in [0.2, 0.25) is 5.02 Å². The average molecular weight is 337 g/mol. The van der Waals surface area contributed by atoms with Gasteiger partial charge in [-0.05, 0) is 36.8 Å². The van der Waals surface area contributed by atoms with E-state index in [0.717, 1.165) is 62.7 Å². The normalized spacial score (nSPS) is 23.0. The van der Waals surface area contributed by atoms with E-state index in [4.69, 9.17) is 16.3 Å². The maximum Gasteiger partial charge on any atom is 0.223 e. The van der Waals surface area contributed by atoms with Gasteiger partial charge in [0, 0.05) is 44.3 Å². The van der Waals surface area contributed by atoms with E-state index in [1.807, 2.05) is 29.2 Å². The van der Waals surface area contributed by atoms with Gasteiger partial charge in [0.2, 0.25) is 5.91 Å². The van der Waals surface area contributed by atoms with Crippen molar-refractivity contribution in [3.8, 4) is 0 Å². The van der Waals surface area contributed by atoms with E-state index < -0.39 is 0 Å². The number of rotatable bonds is 4. The van der Waals surface area contributed by atoms with E-state index in [0.29, 0.717) is 12.3 Å². The second kappa shape index (κ2) is 8.13. The number of carbonyl (C=O) groups excluding carboxylic acids is 1. The summed E-state index contributed by atoms with van der Waals surface area (Å²) in [6, 6.07) is 7.88. The van der Waals surface area contributed by atoms with Gasteiger partial charge in [-0.15, -0.1) is 0 Å². The Balaban J connectivity index is 1.63. The molecule has 1 unspecified atom stereocenters. The molecule has 0 radical (unpaired) electrons. The van der Waals surface area contributed by atoms with Crippen LogP contribution in [0.25, 0.3) is 0 Å². The number of amides is 1. The van der Waals surface area contributed by atoms with Gasteiger partial charge in [0.05, 0.1) is 6.04 Å². The van der Waals surface area contributed by atoms with Crippen molar-refractivity contribution in [2.45, 2.75) is 31.7 Å². The molecule has 126 valence electrons. The summed E-state index contributed by atoms with van der Waals surface area (Å²) in [6.45, 7) is 4.06. The van der Waals surface area contributed by atoms with Crippen LogP contribution in [0.15, 0.2) is 24.3 Å². The molecule has 2 fully saturated rings. The number of hydrogen-bond acceptors (Lipinski definition) is 3. The molecule has 3 rings (SSSR count). The van der Waals surface area contributed by atoms with Crippen LogP contribution in [0.4, 0.5) is 0 Å². The molecule has 1 aromatic carbocycles.